The van der Waals surface area contributed by atoms with Gasteiger partial charge in [-0.2, -0.15) is 0 Å². The molecule has 0 aromatic heterocycles. The molecule has 3 heteroatoms. The number of halogens is 3. The van der Waals surface area contributed by atoms with Gasteiger partial charge in [-0.15, -0.1) is 0 Å². The van der Waals surface area contributed by atoms with E-state index in [0.29, 0.717) is 11.1 Å². The van der Waals surface area contributed by atoms with E-state index in [1.54, 1.807) is 12.1 Å². The largest absolute Gasteiger partial charge is 0.207 e. The SMILES string of the molecule is Cc1ccc(C#Cc2ccc(C#Cc3cc(F)c(C)c(F)c3)c(F)c2C2CC2)cc1. The fourth-order valence-electron chi connectivity index (χ4n) is 3.20. The standard InChI is InChI=1S/C27H19F3/c1-17-3-5-19(6-4-17)7-9-21-13-14-23(27(30)26(21)22-11-12-22)10-8-20-15-24(28)18(2)25(29)16-20/h3-6,13-16,22H,11-12H2,1-2H3. The van der Waals surface area contributed by atoms with Crippen LogP contribution in [0.4, 0.5) is 13.2 Å². The van der Waals surface area contributed by atoms with Crippen LogP contribution in [0.15, 0.2) is 48.5 Å². The van der Waals surface area contributed by atoms with Crippen LogP contribution in [0.2, 0.25) is 0 Å². The maximum atomic E-state index is 15.2. The molecule has 0 bridgehead atoms. The minimum absolute atomic E-state index is 0.0562. The maximum absolute atomic E-state index is 15.2. The Morgan fingerprint density at radius 1 is 0.700 bits per heavy atom. The smallest absolute Gasteiger partial charge is 0.143 e. The van der Waals surface area contributed by atoms with Crippen molar-refractivity contribution in [3.05, 3.63) is 105 Å². The van der Waals surface area contributed by atoms with Gasteiger partial charge in [-0.05, 0) is 69.0 Å². The first-order valence-corrected chi connectivity index (χ1v) is 9.81. The highest BCUT2D eigenvalue weighted by atomic mass is 19.1. The van der Waals surface area contributed by atoms with Crippen molar-refractivity contribution in [3.8, 4) is 23.7 Å². The molecular weight excluding hydrogens is 381 g/mol. The van der Waals surface area contributed by atoms with Gasteiger partial charge >= 0.3 is 0 Å². The molecular formula is C27H19F3. The van der Waals surface area contributed by atoms with Gasteiger partial charge in [0.25, 0.3) is 0 Å². The summed E-state index contributed by atoms with van der Waals surface area (Å²) >= 11 is 0. The van der Waals surface area contributed by atoms with Crippen molar-refractivity contribution in [2.24, 2.45) is 0 Å². The minimum Gasteiger partial charge on any atom is -0.207 e. The Morgan fingerprint density at radius 2 is 1.27 bits per heavy atom. The third-order valence-electron chi connectivity index (χ3n) is 5.18. The Bertz CT molecular complexity index is 1220. The van der Waals surface area contributed by atoms with Gasteiger partial charge in [-0.3, -0.25) is 0 Å². The Labute approximate surface area is 174 Å². The van der Waals surface area contributed by atoms with E-state index < -0.39 is 17.5 Å². The van der Waals surface area contributed by atoms with Crippen molar-refractivity contribution in [1.29, 1.82) is 0 Å². The van der Waals surface area contributed by atoms with Gasteiger partial charge in [0.15, 0.2) is 0 Å². The van der Waals surface area contributed by atoms with Gasteiger partial charge in [0.2, 0.25) is 0 Å². The first-order valence-electron chi connectivity index (χ1n) is 9.81. The van der Waals surface area contributed by atoms with Crippen molar-refractivity contribution in [2.75, 3.05) is 0 Å². The van der Waals surface area contributed by atoms with E-state index in [1.165, 1.54) is 6.92 Å². The molecule has 3 aromatic carbocycles. The summed E-state index contributed by atoms with van der Waals surface area (Å²) in [5.74, 6) is 10.0. The molecule has 0 heterocycles. The summed E-state index contributed by atoms with van der Waals surface area (Å²) in [4.78, 5) is 0. The van der Waals surface area contributed by atoms with E-state index in [4.69, 9.17) is 0 Å². The maximum Gasteiger partial charge on any atom is 0.143 e. The lowest BCUT2D eigenvalue weighted by Crippen LogP contribution is -1.97. The van der Waals surface area contributed by atoms with Crippen LogP contribution in [0, 0.1) is 55.0 Å². The van der Waals surface area contributed by atoms with Gasteiger partial charge in [-0.1, -0.05) is 41.4 Å². The summed E-state index contributed by atoms with van der Waals surface area (Å²) in [7, 11) is 0. The van der Waals surface area contributed by atoms with Crippen molar-refractivity contribution in [2.45, 2.75) is 32.6 Å². The van der Waals surface area contributed by atoms with E-state index in [1.807, 2.05) is 31.2 Å². The molecule has 1 aliphatic carbocycles. The summed E-state index contributed by atoms with van der Waals surface area (Å²) in [5, 5.41) is 0. The van der Waals surface area contributed by atoms with E-state index >= 15 is 4.39 Å². The quantitative estimate of drug-likeness (QED) is 0.415. The third-order valence-corrected chi connectivity index (χ3v) is 5.18. The molecule has 4 rings (SSSR count). The topological polar surface area (TPSA) is 0 Å². The number of rotatable bonds is 1. The van der Waals surface area contributed by atoms with Crippen LogP contribution in [-0.2, 0) is 0 Å². The first kappa shape index (κ1) is 19.9. The lowest BCUT2D eigenvalue weighted by molar-refractivity contribution is 0.567. The molecule has 1 fully saturated rings. The molecule has 148 valence electrons. The number of aryl methyl sites for hydroxylation is 1. The molecule has 0 aliphatic heterocycles. The first-order chi connectivity index (χ1) is 14.4. The summed E-state index contributed by atoms with van der Waals surface area (Å²) in [6.07, 6.45) is 1.84. The molecule has 30 heavy (non-hydrogen) atoms. The van der Waals surface area contributed by atoms with Crippen LogP contribution in [0.25, 0.3) is 0 Å². The fraction of sp³-hybridized carbons (Fsp3) is 0.185. The van der Waals surface area contributed by atoms with Crippen LogP contribution >= 0.6 is 0 Å². The summed E-state index contributed by atoms with van der Waals surface area (Å²) in [6, 6.07) is 13.5. The predicted octanol–water partition coefficient (Wildman–Crippen LogP) is 6.40. The monoisotopic (exact) mass is 400 g/mol. The van der Waals surface area contributed by atoms with Crippen molar-refractivity contribution >= 4 is 0 Å². The average Bonchev–Trinajstić information content (AvgIpc) is 3.55. The van der Waals surface area contributed by atoms with Crippen LogP contribution in [0.5, 0.6) is 0 Å². The van der Waals surface area contributed by atoms with Crippen molar-refractivity contribution in [3.63, 3.8) is 0 Å². The zero-order valence-electron chi connectivity index (χ0n) is 16.7. The summed E-state index contributed by atoms with van der Waals surface area (Å²) in [6.45, 7) is 3.37. The zero-order valence-corrected chi connectivity index (χ0v) is 16.7. The molecule has 0 spiro atoms. The molecule has 0 N–H and O–H groups in total. The highest BCUT2D eigenvalue weighted by Crippen LogP contribution is 2.43. The fourth-order valence-corrected chi connectivity index (χ4v) is 3.20. The lowest BCUT2D eigenvalue weighted by Gasteiger charge is -2.07. The van der Waals surface area contributed by atoms with Gasteiger partial charge in [0.05, 0.1) is 5.56 Å². The molecule has 1 aliphatic rings. The van der Waals surface area contributed by atoms with Crippen LogP contribution < -0.4 is 0 Å². The molecule has 0 radical (unpaired) electrons. The molecule has 0 saturated heterocycles. The Balaban J connectivity index is 1.70. The number of hydrogen-bond acceptors (Lipinski definition) is 0. The zero-order chi connectivity index (χ0) is 21.3. The number of hydrogen-bond donors (Lipinski definition) is 0. The second-order valence-corrected chi connectivity index (χ2v) is 7.59. The average molecular weight is 400 g/mol. The van der Waals surface area contributed by atoms with Gasteiger partial charge in [0.1, 0.15) is 17.5 Å². The van der Waals surface area contributed by atoms with E-state index in [9.17, 15) is 8.78 Å². The predicted molar refractivity (Wildman–Crippen MR) is 113 cm³/mol. The van der Waals surface area contributed by atoms with Crippen molar-refractivity contribution < 1.29 is 13.2 Å². The number of benzene rings is 3. The van der Waals surface area contributed by atoms with E-state index in [2.05, 4.69) is 23.7 Å². The Hall–Kier alpha value is -3.43. The molecule has 0 atom stereocenters. The minimum atomic E-state index is -0.667. The van der Waals surface area contributed by atoms with E-state index in [-0.39, 0.29) is 22.6 Å². The molecule has 0 nitrogen and oxygen atoms in total. The highest BCUT2D eigenvalue weighted by Gasteiger charge is 2.29. The molecule has 1 saturated carbocycles. The second kappa shape index (κ2) is 8.13. The molecule has 3 aromatic rings. The van der Waals surface area contributed by atoms with Gasteiger partial charge in [-0.25, -0.2) is 13.2 Å². The second-order valence-electron chi connectivity index (χ2n) is 7.59. The van der Waals surface area contributed by atoms with Crippen LogP contribution in [0.1, 0.15) is 57.7 Å². The van der Waals surface area contributed by atoms with Gasteiger partial charge < -0.3 is 0 Å². The van der Waals surface area contributed by atoms with Crippen LogP contribution in [-0.4, -0.2) is 0 Å². The summed E-state index contributed by atoms with van der Waals surface area (Å²) in [5.41, 5.74) is 3.59. The normalized spacial score (nSPS) is 12.6. The molecule has 0 unspecified atom stereocenters. The Kier molecular flexibility index (Phi) is 5.39. The van der Waals surface area contributed by atoms with Crippen LogP contribution in [0.3, 0.4) is 0 Å². The highest BCUT2D eigenvalue weighted by molar-refractivity contribution is 5.54. The lowest BCUT2D eigenvalue weighted by atomic mass is 9.98. The van der Waals surface area contributed by atoms with Crippen molar-refractivity contribution in [1.82, 2.24) is 0 Å². The molecule has 0 amide bonds. The Morgan fingerprint density at radius 3 is 1.90 bits per heavy atom. The third kappa shape index (κ3) is 4.27. The summed E-state index contributed by atoms with van der Waals surface area (Å²) < 4.78 is 42.7. The van der Waals surface area contributed by atoms with Gasteiger partial charge in [0, 0.05) is 27.8 Å². The van der Waals surface area contributed by atoms with E-state index in [0.717, 1.165) is 36.1 Å².